The average molecular weight is 307 g/mol. The van der Waals surface area contributed by atoms with Crippen molar-refractivity contribution in [2.75, 3.05) is 19.6 Å². The van der Waals surface area contributed by atoms with Crippen molar-refractivity contribution in [2.24, 2.45) is 5.92 Å². The number of piperidine rings is 1. The predicted molar refractivity (Wildman–Crippen MR) is 83.8 cm³/mol. The van der Waals surface area contributed by atoms with Gasteiger partial charge in [0.05, 0.1) is 5.52 Å². The lowest BCUT2D eigenvalue weighted by Gasteiger charge is -2.34. The molecule has 112 valence electrons. The molecule has 0 spiro atoms. The molecule has 0 saturated carbocycles. The standard InChI is InChI=1S/C15H18N4O.ClH/c20-15(14-11-3-1-2-4-13(11)17-18-14)19-8-6-12-10(9-19)5-7-16-12;/h1-4,10,12,16H,5-9H2,(H,17,18);1H. The maximum absolute atomic E-state index is 12.7. The topological polar surface area (TPSA) is 61.0 Å². The lowest BCUT2D eigenvalue weighted by Crippen LogP contribution is -2.47. The van der Waals surface area contributed by atoms with Gasteiger partial charge < -0.3 is 10.2 Å². The van der Waals surface area contributed by atoms with E-state index in [1.807, 2.05) is 29.2 Å². The molecule has 0 bridgehead atoms. The van der Waals surface area contributed by atoms with Crippen LogP contribution in [0.5, 0.6) is 0 Å². The van der Waals surface area contributed by atoms with Crippen molar-refractivity contribution in [1.29, 1.82) is 0 Å². The van der Waals surface area contributed by atoms with Crippen molar-refractivity contribution in [3.8, 4) is 0 Å². The number of hydrogen-bond acceptors (Lipinski definition) is 3. The Morgan fingerprint density at radius 2 is 2.14 bits per heavy atom. The minimum atomic E-state index is 0. The molecule has 1 amide bonds. The Morgan fingerprint density at radius 3 is 3.05 bits per heavy atom. The third-order valence-corrected chi connectivity index (χ3v) is 4.62. The summed E-state index contributed by atoms with van der Waals surface area (Å²) in [6.07, 6.45) is 2.23. The van der Waals surface area contributed by atoms with E-state index in [-0.39, 0.29) is 18.3 Å². The molecule has 4 rings (SSSR count). The molecule has 2 atom stereocenters. The Kier molecular flexibility index (Phi) is 3.87. The van der Waals surface area contributed by atoms with E-state index >= 15 is 0 Å². The molecular weight excluding hydrogens is 288 g/mol. The SMILES string of the molecule is Cl.O=C(c1n[nH]c2ccccc12)N1CCC2NCCC2C1. The van der Waals surface area contributed by atoms with Gasteiger partial charge in [-0.25, -0.2) is 0 Å². The summed E-state index contributed by atoms with van der Waals surface area (Å²) >= 11 is 0. The fourth-order valence-corrected chi connectivity index (χ4v) is 3.51. The number of fused-ring (bicyclic) bond motifs is 2. The van der Waals surface area contributed by atoms with Gasteiger partial charge in [-0.05, 0) is 31.4 Å². The first kappa shape index (κ1) is 14.4. The minimum Gasteiger partial charge on any atom is -0.337 e. The van der Waals surface area contributed by atoms with E-state index < -0.39 is 0 Å². The van der Waals surface area contributed by atoms with Crippen LogP contribution in [-0.4, -0.2) is 46.7 Å². The van der Waals surface area contributed by atoms with Crippen molar-refractivity contribution in [2.45, 2.75) is 18.9 Å². The van der Waals surface area contributed by atoms with E-state index in [0.29, 0.717) is 17.7 Å². The van der Waals surface area contributed by atoms with Crippen molar-refractivity contribution >= 4 is 29.2 Å². The van der Waals surface area contributed by atoms with E-state index in [2.05, 4.69) is 15.5 Å². The molecule has 2 unspecified atom stereocenters. The number of para-hydroxylation sites is 1. The number of nitrogens with zero attached hydrogens (tertiary/aromatic N) is 2. The molecule has 2 fully saturated rings. The zero-order valence-corrected chi connectivity index (χ0v) is 12.5. The molecule has 2 aliphatic rings. The first-order valence-electron chi connectivity index (χ1n) is 7.29. The molecule has 1 aromatic carbocycles. The highest BCUT2D eigenvalue weighted by Gasteiger charge is 2.35. The number of amides is 1. The number of rotatable bonds is 1. The number of aromatic amines is 1. The monoisotopic (exact) mass is 306 g/mol. The molecular formula is C15H19ClN4O. The van der Waals surface area contributed by atoms with E-state index in [0.717, 1.165) is 37.0 Å². The highest BCUT2D eigenvalue weighted by molar-refractivity contribution is 6.04. The van der Waals surface area contributed by atoms with E-state index in [4.69, 9.17) is 0 Å². The van der Waals surface area contributed by atoms with Crippen LogP contribution < -0.4 is 5.32 Å². The van der Waals surface area contributed by atoms with Crippen molar-refractivity contribution in [3.63, 3.8) is 0 Å². The molecule has 2 N–H and O–H groups in total. The van der Waals surface area contributed by atoms with Crippen LogP contribution in [0.1, 0.15) is 23.3 Å². The predicted octanol–water partition coefficient (Wildman–Crippen LogP) is 1.81. The van der Waals surface area contributed by atoms with Crippen molar-refractivity contribution in [3.05, 3.63) is 30.0 Å². The number of nitrogens with one attached hydrogen (secondary N) is 2. The van der Waals surface area contributed by atoms with Gasteiger partial charge in [-0.2, -0.15) is 5.10 Å². The summed E-state index contributed by atoms with van der Waals surface area (Å²) < 4.78 is 0. The number of carbonyl (C=O) groups excluding carboxylic acids is 1. The van der Waals surface area contributed by atoms with Gasteiger partial charge in [0.2, 0.25) is 0 Å². The van der Waals surface area contributed by atoms with Crippen molar-refractivity contribution < 1.29 is 4.79 Å². The molecule has 2 saturated heterocycles. The van der Waals surface area contributed by atoms with Gasteiger partial charge in [-0.15, -0.1) is 12.4 Å². The summed E-state index contributed by atoms with van der Waals surface area (Å²) in [4.78, 5) is 14.7. The lowest BCUT2D eigenvalue weighted by molar-refractivity contribution is 0.0658. The fraction of sp³-hybridized carbons (Fsp3) is 0.467. The third-order valence-electron chi connectivity index (χ3n) is 4.62. The van der Waals surface area contributed by atoms with E-state index in [1.54, 1.807) is 0 Å². The van der Waals surface area contributed by atoms with Gasteiger partial charge in [0, 0.05) is 24.5 Å². The summed E-state index contributed by atoms with van der Waals surface area (Å²) in [5, 5.41) is 11.6. The molecule has 3 heterocycles. The van der Waals surface area contributed by atoms with Gasteiger partial charge in [-0.1, -0.05) is 18.2 Å². The number of H-pyrrole nitrogens is 1. The number of halogens is 1. The summed E-state index contributed by atoms with van der Waals surface area (Å²) in [5.41, 5.74) is 1.48. The maximum atomic E-state index is 12.7. The zero-order chi connectivity index (χ0) is 13.5. The second kappa shape index (κ2) is 5.66. The Hall–Kier alpha value is -1.59. The Labute approximate surface area is 129 Å². The molecule has 6 heteroatoms. The largest absolute Gasteiger partial charge is 0.337 e. The molecule has 21 heavy (non-hydrogen) atoms. The first-order chi connectivity index (χ1) is 9.83. The Morgan fingerprint density at radius 1 is 1.29 bits per heavy atom. The second-order valence-electron chi connectivity index (χ2n) is 5.77. The number of hydrogen-bond donors (Lipinski definition) is 2. The molecule has 5 nitrogen and oxygen atoms in total. The van der Waals surface area contributed by atoms with Crippen LogP contribution >= 0.6 is 12.4 Å². The number of likely N-dealkylation sites (tertiary alicyclic amines) is 1. The lowest BCUT2D eigenvalue weighted by atomic mass is 9.93. The molecule has 0 radical (unpaired) electrons. The summed E-state index contributed by atoms with van der Waals surface area (Å²) in [5.74, 6) is 0.672. The third kappa shape index (κ3) is 2.40. The van der Waals surface area contributed by atoms with E-state index in [1.165, 1.54) is 6.42 Å². The minimum absolute atomic E-state index is 0. The van der Waals surface area contributed by atoms with E-state index in [9.17, 15) is 4.79 Å². The number of aromatic nitrogens is 2. The van der Waals surface area contributed by atoms with Crippen LogP contribution in [0.15, 0.2) is 24.3 Å². The molecule has 0 aliphatic carbocycles. The Bertz CT molecular complexity index is 656. The summed E-state index contributed by atoms with van der Waals surface area (Å²) in [6.45, 7) is 2.77. The molecule has 2 aromatic rings. The van der Waals surface area contributed by atoms with Crippen LogP contribution in [0.4, 0.5) is 0 Å². The zero-order valence-electron chi connectivity index (χ0n) is 11.7. The maximum Gasteiger partial charge on any atom is 0.275 e. The van der Waals surface area contributed by atoms with Crippen LogP contribution in [0.2, 0.25) is 0 Å². The van der Waals surface area contributed by atoms with Gasteiger partial charge in [-0.3, -0.25) is 9.89 Å². The number of benzene rings is 1. The summed E-state index contributed by atoms with van der Waals surface area (Å²) in [6, 6.07) is 8.41. The second-order valence-corrected chi connectivity index (χ2v) is 5.77. The van der Waals surface area contributed by atoms with Crippen molar-refractivity contribution in [1.82, 2.24) is 20.4 Å². The first-order valence-corrected chi connectivity index (χ1v) is 7.29. The quantitative estimate of drug-likeness (QED) is 0.845. The highest BCUT2D eigenvalue weighted by atomic mass is 35.5. The normalized spacial score (nSPS) is 24.7. The van der Waals surface area contributed by atoms with Crippen LogP contribution in [-0.2, 0) is 0 Å². The van der Waals surface area contributed by atoms with Gasteiger partial charge in [0.1, 0.15) is 0 Å². The van der Waals surface area contributed by atoms with Gasteiger partial charge >= 0.3 is 0 Å². The number of carbonyl (C=O) groups is 1. The molecule has 1 aromatic heterocycles. The highest BCUT2D eigenvalue weighted by Crippen LogP contribution is 2.26. The van der Waals surface area contributed by atoms with Gasteiger partial charge in [0.15, 0.2) is 5.69 Å². The summed E-state index contributed by atoms with van der Waals surface area (Å²) in [7, 11) is 0. The smallest absolute Gasteiger partial charge is 0.275 e. The van der Waals surface area contributed by atoms with Crippen LogP contribution in [0.25, 0.3) is 10.9 Å². The van der Waals surface area contributed by atoms with Gasteiger partial charge in [0.25, 0.3) is 5.91 Å². The van der Waals surface area contributed by atoms with Crippen LogP contribution in [0.3, 0.4) is 0 Å². The Balaban J connectivity index is 0.00000132. The fourth-order valence-electron chi connectivity index (χ4n) is 3.51. The average Bonchev–Trinajstić information content (AvgIpc) is 3.12. The molecule has 2 aliphatic heterocycles. The van der Waals surface area contributed by atoms with Crippen LogP contribution in [0, 0.1) is 5.92 Å².